The van der Waals surface area contributed by atoms with E-state index < -0.39 is 42.2 Å². The van der Waals surface area contributed by atoms with Crippen molar-refractivity contribution in [3.05, 3.63) is 121 Å². The Morgan fingerprint density at radius 2 is 1.54 bits per heavy atom. The number of hydrogen-bond acceptors (Lipinski definition) is 5. The molecule has 6 atom stereocenters. The third-order valence-corrected chi connectivity index (χ3v) is 9.88. The average Bonchev–Trinajstić information content (AvgIpc) is 3.71. The van der Waals surface area contributed by atoms with E-state index in [-0.39, 0.29) is 30.8 Å². The summed E-state index contributed by atoms with van der Waals surface area (Å²) < 4.78 is 6.78. The van der Waals surface area contributed by atoms with Gasteiger partial charge in [0.05, 0.1) is 30.6 Å². The van der Waals surface area contributed by atoms with Crippen molar-refractivity contribution in [2.24, 2.45) is 11.8 Å². The molecule has 0 radical (unpaired) electrons. The largest absolute Gasteiger partial charge is 0.394 e. The van der Waals surface area contributed by atoms with E-state index in [1.807, 2.05) is 92.7 Å². The highest BCUT2D eigenvalue weighted by atomic mass is 16.5. The van der Waals surface area contributed by atoms with Gasteiger partial charge in [-0.2, -0.15) is 0 Å². The maximum atomic E-state index is 15.1. The van der Waals surface area contributed by atoms with E-state index >= 15 is 4.79 Å². The number of hydrogen-bond donors (Lipinski definition) is 1. The number of anilines is 2. The van der Waals surface area contributed by atoms with Crippen LogP contribution in [0.5, 0.6) is 0 Å². The van der Waals surface area contributed by atoms with Gasteiger partial charge in [-0.05, 0) is 55.5 Å². The summed E-state index contributed by atoms with van der Waals surface area (Å²) in [6, 6.07) is 22.5. The molecule has 3 heterocycles. The molecule has 6 rings (SSSR count). The summed E-state index contributed by atoms with van der Waals surface area (Å²) >= 11 is 0. The fourth-order valence-electron chi connectivity index (χ4n) is 8.06. The number of carbonyl (C=O) groups excluding carboxylic acids is 3. The van der Waals surface area contributed by atoms with Crippen molar-refractivity contribution >= 4 is 29.1 Å². The van der Waals surface area contributed by atoms with Crippen molar-refractivity contribution in [3.8, 4) is 0 Å². The first kappa shape index (κ1) is 31.5. The Labute approximate surface area is 270 Å². The lowest BCUT2D eigenvalue weighted by atomic mass is 9.70. The van der Waals surface area contributed by atoms with Crippen LogP contribution in [0.1, 0.15) is 35.6 Å². The van der Waals surface area contributed by atoms with E-state index in [0.717, 1.165) is 16.8 Å². The molecule has 0 aromatic heterocycles. The van der Waals surface area contributed by atoms with Crippen LogP contribution in [0.2, 0.25) is 0 Å². The van der Waals surface area contributed by atoms with Crippen LogP contribution in [-0.2, 0) is 19.1 Å². The van der Waals surface area contributed by atoms with Gasteiger partial charge in [0.15, 0.2) is 0 Å². The monoisotopic (exact) mass is 619 g/mol. The average molecular weight is 620 g/mol. The molecule has 8 heteroatoms. The lowest BCUT2D eigenvalue weighted by Gasteiger charge is -2.40. The quantitative estimate of drug-likeness (QED) is 0.300. The van der Waals surface area contributed by atoms with Crippen LogP contribution in [0.4, 0.5) is 11.4 Å². The summed E-state index contributed by atoms with van der Waals surface area (Å²) in [5, 5.41) is 10.9. The van der Waals surface area contributed by atoms with E-state index in [0.29, 0.717) is 24.1 Å². The summed E-state index contributed by atoms with van der Waals surface area (Å²) in [6.07, 6.45) is 3.80. The minimum Gasteiger partial charge on any atom is -0.394 e. The molecule has 3 aliphatic heterocycles. The molecule has 238 valence electrons. The van der Waals surface area contributed by atoms with Crippen molar-refractivity contribution in [1.82, 2.24) is 4.90 Å². The molecule has 2 unspecified atom stereocenters. The molecule has 1 N–H and O–H groups in total. The lowest BCUT2D eigenvalue weighted by molar-refractivity contribution is -0.144. The van der Waals surface area contributed by atoms with Crippen LogP contribution < -0.4 is 9.80 Å². The summed E-state index contributed by atoms with van der Waals surface area (Å²) in [6.45, 7) is 11.8. The fraction of sp³-hybridized carbons (Fsp3) is 0.342. The number of carbonyl (C=O) groups is 3. The van der Waals surface area contributed by atoms with E-state index in [1.54, 1.807) is 22.0 Å². The third kappa shape index (κ3) is 4.96. The number of ether oxygens (including phenoxy) is 1. The van der Waals surface area contributed by atoms with Gasteiger partial charge in [0.1, 0.15) is 11.6 Å². The molecule has 3 aromatic carbocycles. The van der Waals surface area contributed by atoms with E-state index in [4.69, 9.17) is 4.74 Å². The van der Waals surface area contributed by atoms with Crippen LogP contribution in [0.25, 0.3) is 0 Å². The highest BCUT2D eigenvalue weighted by Crippen LogP contribution is 2.60. The summed E-state index contributed by atoms with van der Waals surface area (Å²) in [5.41, 5.74) is 2.73. The number of aliphatic hydroxyl groups excluding tert-OH is 1. The van der Waals surface area contributed by atoms with Crippen molar-refractivity contribution in [2.75, 3.05) is 29.5 Å². The number of aliphatic hydroxyl groups is 1. The van der Waals surface area contributed by atoms with Crippen LogP contribution in [0.3, 0.4) is 0 Å². The van der Waals surface area contributed by atoms with Crippen molar-refractivity contribution in [1.29, 1.82) is 0 Å². The second-order valence-corrected chi connectivity index (χ2v) is 12.5. The zero-order valence-corrected chi connectivity index (χ0v) is 26.4. The Hall–Kier alpha value is -4.53. The number of nitrogens with zero attached hydrogens (tertiary/aromatic N) is 3. The molecule has 3 aromatic rings. The zero-order valence-electron chi connectivity index (χ0n) is 26.4. The van der Waals surface area contributed by atoms with Gasteiger partial charge in [-0.15, -0.1) is 13.2 Å². The molecule has 0 saturated carbocycles. The second-order valence-electron chi connectivity index (χ2n) is 12.5. The predicted octanol–water partition coefficient (Wildman–Crippen LogP) is 5.15. The van der Waals surface area contributed by atoms with Gasteiger partial charge < -0.3 is 24.5 Å². The molecular formula is C38H41N3O5. The molecule has 0 aliphatic carbocycles. The Morgan fingerprint density at radius 1 is 0.935 bits per heavy atom. The Balaban J connectivity index is 1.49. The lowest BCUT2D eigenvalue weighted by Crippen LogP contribution is -2.57. The summed E-state index contributed by atoms with van der Waals surface area (Å²) in [7, 11) is 0. The molecule has 2 bridgehead atoms. The molecule has 3 amide bonds. The molecule has 3 aliphatic rings. The van der Waals surface area contributed by atoms with E-state index in [2.05, 4.69) is 13.2 Å². The third-order valence-electron chi connectivity index (χ3n) is 9.88. The topological polar surface area (TPSA) is 90.4 Å². The normalized spacial score (nSPS) is 25.2. The first-order valence-corrected chi connectivity index (χ1v) is 15.9. The number of rotatable bonds is 11. The summed E-state index contributed by atoms with van der Waals surface area (Å²) in [5.74, 6) is -2.60. The highest BCUT2D eigenvalue weighted by Gasteiger charge is 2.75. The Morgan fingerprint density at radius 3 is 2.15 bits per heavy atom. The van der Waals surface area contributed by atoms with Gasteiger partial charge >= 0.3 is 0 Å². The highest BCUT2D eigenvalue weighted by molar-refractivity contribution is 6.07. The summed E-state index contributed by atoms with van der Waals surface area (Å²) in [4.78, 5) is 49.4. The molecule has 3 saturated heterocycles. The molecule has 46 heavy (non-hydrogen) atoms. The Bertz CT molecular complexity index is 1620. The zero-order chi connectivity index (χ0) is 32.6. The first-order valence-electron chi connectivity index (χ1n) is 15.9. The van der Waals surface area contributed by atoms with Gasteiger partial charge in [-0.3, -0.25) is 14.4 Å². The van der Waals surface area contributed by atoms with Crippen molar-refractivity contribution in [3.63, 3.8) is 0 Å². The molecule has 1 spiro atoms. The Kier molecular flexibility index (Phi) is 8.68. The number of amides is 3. The number of para-hydroxylation sites is 2. The SMILES string of the molecule is C=CCN(C(=O)[C@@H]1[C@@H]2CCC3(O2)C(C(=O)N(CC=C)c2c(C)cccc2C)N([C@H](CO)c2ccccc2)C(=O)[C@H]13)c1ccccc1. The van der Waals surface area contributed by atoms with Gasteiger partial charge in [0.25, 0.3) is 5.91 Å². The van der Waals surface area contributed by atoms with Gasteiger partial charge in [-0.1, -0.05) is 78.9 Å². The number of aryl methyl sites for hydroxylation is 2. The second kappa shape index (κ2) is 12.7. The first-order chi connectivity index (χ1) is 22.3. The van der Waals surface area contributed by atoms with Gasteiger partial charge in [0.2, 0.25) is 11.8 Å². The maximum absolute atomic E-state index is 15.1. The molecule has 3 fully saturated rings. The number of fused-ring (bicyclic) bond motifs is 1. The maximum Gasteiger partial charge on any atom is 0.253 e. The van der Waals surface area contributed by atoms with Crippen molar-refractivity contribution in [2.45, 2.75) is 50.5 Å². The van der Waals surface area contributed by atoms with Gasteiger partial charge in [0, 0.05) is 24.5 Å². The van der Waals surface area contributed by atoms with E-state index in [9.17, 15) is 14.7 Å². The minimum atomic E-state index is -1.24. The smallest absolute Gasteiger partial charge is 0.253 e. The predicted molar refractivity (Wildman–Crippen MR) is 178 cm³/mol. The standard InChI is InChI=1S/C38H41N3O5/c1-5-22-39(28-18-11-8-12-19-28)35(43)31-30-20-21-38(46-30)32(31)36(44)41(29(24-42)27-16-9-7-10-17-27)34(38)37(45)40(23-6-2)33-25(3)14-13-15-26(33)4/h5-19,29-32,34,42H,1-2,20-24H2,3-4H3/t29-,30+,31-,32+,34?,38?/m1/s1. The molecule has 8 nitrogen and oxygen atoms in total. The van der Waals surface area contributed by atoms with Crippen molar-refractivity contribution < 1.29 is 24.2 Å². The van der Waals surface area contributed by atoms with Crippen LogP contribution >= 0.6 is 0 Å². The van der Waals surface area contributed by atoms with Crippen LogP contribution in [0, 0.1) is 25.7 Å². The van der Waals surface area contributed by atoms with Crippen LogP contribution in [-0.4, -0.2) is 65.2 Å². The van der Waals surface area contributed by atoms with Crippen LogP contribution in [0.15, 0.2) is 104 Å². The number of likely N-dealkylation sites (tertiary alicyclic amines) is 1. The molecular weight excluding hydrogens is 578 g/mol. The minimum absolute atomic E-state index is 0.214. The van der Waals surface area contributed by atoms with E-state index in [1.165, 1.54) is 4.90 Å². The number of benzene rings is 3. The fourth-order valence-corrected chi connectivity index (χ4v) is 8.06. The van der Waals surface area contributed by atoms with Gasteiger partial charge in [-0.25, -0.2) is 0 Å².